The van der Waals surface area contributed by atoms with E-state index in [-0.39, 0.29) is 24.3 Å². The topological polar surface area (TPSA) is 59.6 Å². The van der Waals surface area contributed by atoms with Gasteiger partial charge >= 0.3 is 6.09 Å². The maximum atomic E-state index is 12.1. The molecule has 0 spiro atoms. The molecule has 0 aromatic carbocycles. The standard InChI is InChI=1S/C16H23ClN2O3S/c1-16(2,3)22-15(20)19-12-11-4-5-21-14(11)13(12)18-7-10-6-9(17)8-23-10/h6,8,11-14,18H,4-5,7H2,1-3H3,(H,19,20). The summed E-state index contributed by atoms with van der Waals surface area (Å²) in [6.07, 6.45) is 0.790. The van der Waals surface area contributed by atoms with E-state index in [1.165, 1.54) is 4.88 Å². The highest BCUT2D eigenvalue weighted by Gasteiger charge is 2.54. The maximum Gasteiger partial charge on any atom is 0.407 e. The third kappa shape index (κ3) is 3.99. The fourth-order valence-electron chi connectivity index (χ4n) is 3.26. The van der Waals surface area contributed by atoms with Crippen LogP contribution in [0.5, 0.6) is 0 Å². The van der Waals surface area contributed by atoms with E-state index >= 15 is 0 Å². The van der Waals surface area contributed by atoms with E-state index in [4.69, 9.17) is 21.1 Å². The van der Waals surface area contributed by atoms with Gasteiger partial charge in [0.05, 0.1) is 23.2 Å². The van der Waals surface area contributed by atoms with Crippen LogP contribution in [-0.2, 0) is 16.0 Å². The third-order valence-electron chi connectivity index (χ3n) is 4.20. The summed E-state index contributed by atoms with van der Waals surface area (Å²) < 4.78 is 11.2. The number of amides is 1. The summed E-state index contributed by atoms with van der Waals surface area (Å²) in [6.45, 7) is 7.08. The SMILES string of the molecule is CC(C)(C)OC(=O)NC1C2CCOC2C1NCc1cc(Cl)cs1. The van der Waals surface area contributed by atoms with E-state index in [2.05, 4.69) is 10.6 Å². The van der Waals surface area contributed by atoms with Crippen molar-refractivity contribution in [2.45, 2.75) is 57.5 Å². The Kier molecular flexibility index (Phi) is 4.88. The predicted octanol–water partition coefficient (Wildman–Crippen LogP) is 3.17. The van der Waals surface area contributed by atoms with Gasteiger partial charge in [-0.1, -0.05) is 11.6 Å². The number of thiophene rings is 1. The summed E-state index contributed by atoms with van der Waals surface area (Å²) in [5.74, 6) is 0.368. The number of halogens is 1. The normalized spacial score (nSPS) is 29.7. The zero-order chi connectivity index (χ0) is 16.6. The number of fused-ring (bicyclic) bond motifs is 1. The largest absolute Gasteiger partial charge is 0.444 e. The first-order chi connectivity index (χ1) is 10.8. The molecular weight excluding hydrogens is 336 g/mol. The van der Waals surface area contributed by atoms with Crippen molar-refractivity contribution in [2.24, 2.45) is 5.92 Å². The van der Waals surface area contributed by atoms with Crippen molar-refractivity contribution in [1.82, 2.24) is 10.6 Å². The quantitative estimate of drug-likeness (QED) is 0.867. The van der Waals surface area contributed by atoms with E-state index in [1.54, 1.807) is 11.3 Å². The van der Waals surface area contributed by atoms with Crippen LogP contribution in [0.4, 0.5) is 4.79 Å². The van der Waals surface area contributed by atoms with Gasteiger partial charge in [0, 0.05) is 29.3 Å². The zero-order valence-electron chi connectivity index (χ0n) is 13.6. The van der Waals surface area contributed by atoms with Crippen LogP contribution in [0.15, 0.2) is 11.4 Å². The van der Waals surface area contributed by atoms with E-state index in [9.17, 15) is 4.79 Å². The van der Waals surface area contributed by atoms with E-state index in [0.717, 1.165) is 24.6 Å². The van der Waals surface area contributed by atoms with Gasteiger partial charge in [-0.25, -0.2) is 4.79 Å². The van der Waals surface area contributed by atoms with Crippen LogP contribution in [-0.4, -0.2) is 36.5 Å². The minimum absolute atomic E-state index is 0.0489. The summed E-state index contributed by atoms with van der Waals surface area (Å²) in [6, 6.07) is 2.12. The third-order valence-corrected chi connectivity index (χ3v) is 5.49. The maximum absolute atomic E-state index is 12.1. The van der Waals surface area contributed by atoms with Gasteiger partial charge in [0.1, 0.15) is 5.60 Å². The molecule has 1 saturated carbocycles. The molecule has 2 N–H and O–H groups in total. The number of carbonyl (C=O) groups excluding carboxylic acids is 1. The molecule has 3 rings (SSSR count). The minimum Gasteiger partial charge on any atom is -0.444 e. The first kappa shape index (κ1) is 17.0. The highest BCUT2D eigenvalue weighted by atomic mass is 35.5. The highest BCUT2D eigenvalue weighted by molar-refractivity contribution is 7.10. The average Bonchev–Trinajstić information content (AvgIpc) is 3.02. The number of rotatable bonds is 4. The monoisotopic (exact) mass is 358 g/mol. The number of nitrogens with one attached hydrogen (secondary N) is 2. The molecule has 1 amide bonds. The molecule has 5 nitrogen and oxygen atoms in total. The smallest absolute Gasteiger partial charge is 0.407 e. The molecule has 1 aliphatic heterocycles. The molecule has 1 saturated heterocycles. The molecular formula is C16H23ClN2O3S. The van der Waals surface area contributed by atoms with Crippen LogP contribution in [0.2, 0.25) is 5.02 Å². The Hall–Kier alpha value is -0.820. The van der Waals surface area contributed by atoms with Gasteiger partial charge in [-0.3, -0.25) is 0 Å². The van der Waals surface area contributed by atoms with Crippen LogP contribution in [0.1, 0.15) is 32.1 Å². The first-order valence-electron chi connectivity index (χ1n) is 7.91. The van der Waals surface area contributed by atoms with Crippen molar-refractivity contribution in [3.05, 3.63) is 21.3 Å². The number of alkyl carbamates (subject to hydrolysis) is 1. The summed E-state index contributed by atoms with van der Waals surface area (Å²) in [5, 5.41) is 9.19. The molecule has 1 aliphatic carbocycles. The lowest BCUT2D eigenvalue weighted by Gasteiger charge is -2.48. The second-order valence-corrected chi connectivity index (χ2v) is 8.53. The second kappa shape index (κ2) is 6.59. The van der Waals surface area contributed by atoms with Crippen LogP contribution in [0.3, 0.4) is 0 Å². The van der Waals surface area contributed by atoms with Gasteiger partial charge in [0.2, 0.25) is 0 Å². The van der Waals surface area contributed by atoms with Gasteiger partial charge in [-0.2, -0.15) is 0 Å². The van der Waals surface area contributed by atoms with Gasteiger partial charge in [-0.15, -0.1) is 11.3 Å². The molecule has 23 heavy (non-hydrogen) atoms. The Balaban J connectivity index is 1.57. The van der Waals surface area contributed by atoms with Crippen molar-refractivity contribution >= 4 is 29.0 Å². The Morgan fingerprint density at radius 1 is 1.48 bits per heavy atom. The number of hydrogen-bond donors (Lipinski definition) is 2. The number of ether oxygens (including phenoxy) is 2. The first-order valence-corrected chi connectivity index (χ1v) is 9.17. The Morgan fingerprint density at radius 3 is 2.91 bits per heavy atom. The Morgan fingerprint density at radius 2 is 2.26 bits per heavy atom. The predicted molar refractivity (Wildman–Crippen MR) is 91.0 cm³/mol. The highest BCUT2D eigenvalue weighted by Crippen LogP contribution is 2.39. The van der Waals surface area contributed by atoms with Crippen LogP contribution in [0.25, 0.3) is 0 Å². The van der Waals surface area contributed by atoms with Gasteiger partial charge in [0.15, 0.2) is 0 Å². The van der Waals surface area contributed by atoms with Gasteiger partial charge in [-0.05, 0) is 33.3 Å². The summed E-state index contributed by atoms with van der Waals surface area (Å²) in [4.78, 5) is 13.2. The Bertz CT molecular complexity index is 572. The summed E-state index contributed by atoms with van der Waals surface area (Å²) in [7, 11) is 0. The van der Waals surface area contributed by atoms with Crippen LogP contribution in [0, 0.1) is 5.92 Å². The molecule has 128 valence electrons. The summed E-state index contributed by atoms with van der Waals surface area (Å²) >= 11 is 7.58. The Labute approximate surface area is 145 Å². The van der Waals surface area contributed by atoms with Gasteiger partial charge < -0.3 is 20.1 Å². The molecule has 4 unspecified atom stereocenters. The molecule has 1 aromatic rings. The van der Waals surface area contributed by atoms with Crippen molar-refractivity contribution in [2.75, 3.05) is 6.61 Å². The molecule has 2 heterocycles. The number of hydrogen-bond acceptors (Lipinski definition) is 5. The molecule has 7 heteroatoms. The molecule has 0 radical (unpaired) electrons. The fraction of sp³-hybridized carbons (Fsp3) is 0.688. The zero-order valence-corrected chi connectivity index (χ0v) is 15.2. The molecule has 1 aromatic heterocycles. The lowest BCUT2D eigenvalue weighted by Crippen LogP contribution is -2.70. The van der Waals surface area contributed by atoms with Crippen molar-refractivity contribution in [3.8, 4) is 0 Å². The minimum atomic E-state index is -0.490. The van der Waals surface area contributed by atoms with Gasteiger partial charge in [0.25, 0.3) is 0 Å². The fourth-order valence-corrected chi connectivity index (χ4v) is 4.28. The van der Waals surface area contributed by atoms with Crippen LogP contribution >= 0.6 is 22.9 Å². The molecule has 2 aliphatic rings. The van der Waals surface area contributed by atoms with Crippen molar-refractivity contribution in [3.63, 3.8) is 0 Å². The molecule has 2 fully saturated rings. The molecule has 4 atom stereocenters. The van der Waals surface area contributed by atoms with E-state index in [0.29, 0.717) is 5.92 Å². The average molecular weight is 359 g/mol. The van der Waals surface area contributed by atoms with Crippen molar-refractivity contribution in [1.29, 1.82) is 0 Å². The lowest BCUT2D eigenvalue weighted by atomic mass is 9.71. The molecule has 0 bridgehead atoms. The second-order valence-electron chi connectivity index (χ2n) is 7.10. The number of carbonyl (C=O) groups is 1. The summed E-state index contributed by atoms with van der Waals surface area (Å²) in [5.41, 5.74) is -0.490. The lowest BCUT2D eigenvalue weighted by molar-refractivity contribution is -0.0343. The van der Waals surface area contributed by atoms with Crippen molar-refractivity contribution < 1.29 is 14.3 Å². The van der Waals surface area contributed by atoms with E-state index in [1.807, 2.05) is 32.2 Å². The van der Waals surface area contributed by atoms with Crippen LogP contribution < -0.4 is 10.6 Å². The van der Waals surface area contributed by atoms with E-state index < -0.39 is 5.60 Å².